The van der Waals surface area contributed by atoms with Crippen molar-refractivity contribution in [2.24, 2.45) is 5.10 Å². The Morgan fingerprint density at radius 3 is 2.68 bits per heavy atom. The summed E-state index contributed by atoms with van der Waals surface area (Å²) in [6, 6.07) is 11.5. The third-order valence-corrected chi connectivity index (χ3v) is 6.92. The molecule has 0 aliphatic heterocycles. The van der Waals surface area contributed by atoms with Gasteiger partial charge in [-0.2, -0.15) is 5.10 Å². The Labute approximate surface area is 185 Å². The zero-order valence-electron chi connectivity index (χ0n) is 17.6. The number of carboxylic acid groups (broad SMARTS) is 1. The quantitative estimate of drug-likeness (QED) is 0.444. The highest BCUT2D eigenvalue weighted by Gasteiger charge is 2.27. The molecule has 4 rings (SSSR count). The van der Waals surface area contributed by atoms with Crippen molar-refractivity contribution < 1.29 is 14.7 Å². The summed E-state index contributed by atoms with van der Waals surface area (Å²) in [7, 11) is 0. The van der Waals surface area contributed by atoms with E-state index in [4.69, 9.17) is 0 Å². The topological polar surface area (TPSA) is 83.7 Å². The highest BCUT2D eigenvalue weighted by Crippen LogP contribution is 2.38. The van der Waals surface area contributed by atoms with E-state index in [9.17, 15) is 14.7 Å². The zero-order chi connectivity index (χ0) is 22.0. The molecule has 6 nitrogen and oxygen atoms in total. The maximum Gasteiger partial charge on any atom is 0.339 e. The summed E-state index contributed by atoms with van der Waals surface area (Å²) in [4.78, 5) is 25.4. The molecule has 160 valence electrons. The van der Waals surface area contributed by atoms with Crippen molar-refractivity contribution >= 4 is 29.4 Å². The fourth-order valence-electron chi connectivity index (χ4n) is 4.15. The van der Waals surface area contributed by atoms with Crippen LogP contribution in [0.4, 0.5) is 0 Å². The van der Waals surface area contributed by atoms with Crippen LogP contribution in [0.15, 0.2) is 41.5 Å². The number of thiophene rings is 1. The SMILES string of the molecule is Cc1cc(/C=N\NC(=O)Cc2ccccc2)c(C)n1-c1sc2c(c1C(=O)O)CCCC2. The Kier molecular flexibility index (Phi) is 6.04. The number of aryl methyl sites for hydroxylation is 2. The Hall–Kier alpha value is -3.19. The molecule has 0 saturated heterocycles. The lowest BCUT2D eigenvalue weighted by Crippen LogP contribution is -2.19. The van der Waals surface area contributed by atoms with Gasteiger partial charge in [-0.25, -0.2) is 10.2 Å². The van der Waals surface area contributed by atoms with E-state index >= 15 is 0 Å². The molecule has 2 N–H and O–H groups in total. The van der Waals surface area contributed by atoms with Crippen LogP contribution in [0.2, 0.25) is 0 Å². The number of fused-ring (bicyclic) bond motifs is 1. The number of benzene rings is 1. The number of hydrazone groups is 1. The summed E-state index contributed by atoms with van der Waals surface area (Å²) in [5, 5.41) is 14.8. The van der Waals surface area contributed by atoms with E-state index in [0.717, 1.165) is 58.8 Å². The largest absolute Gasteiger partial charge is 0.478 e. The number of nitrogens with one attached hydrogen (secondary N) is 1. The summed E-state index contributed by atoms with van der Waals surface area (Å²) in [5.74, 6) is -1.05. The van der Waals surface area contributed by atoms with Crippen molar-refractivity contribution in [1.29, 1.82) is 0 Å². The molecule has 1 aromatic carbocycles. The van der Waals surface area contributed by atoms with Gasteiger partial charge in [-0.1, -0.05) is 30.3 Å². The molecule has 0 fully saturated rings. The molecule has 0 bridgehead atoms. The number of rotatable bonds is 6. The number of carbonyl (C=O) groups is 2. The average molecular weight is 436 g/mol. The Morgan fingerprint density at radius 1 is 1.19 bits per heavy atom. The summed E-state index contributed by atoms with van der Waals surface area (Å²) in [6.45, 7) is 3.91. The standard InChI is InChI=1S/C24H25N3O3S/c1-15-12-18(14-25-26-21(28)13-17-8-4-3-5-9-17)16(2)27(15)23-22(24(29)30)19-10-6-7-11-20(19)31-23/h3-5,8-9,12,14H,6-7,10-11,13H2,1-2H3,(H,26,28)(H,29,30)/b25-14-. The van der Waals surface area contributed by atoms with Crippen molar-refractivity contribution in [2.45, 2.75) is 46.0 Å². The van der Waals surface area contributed by atoms with Crippen LogP contribution in [0.3, 0.4) is 0 Å². The fraction of sp³-hybridized carbons (Fsp3) is 0.292. The van der Waals surface area contributed by atoms with E-state index in [-0.39, 0.29) is 12.3 Å². The van der Waals surface area contributed by atoms with Crippen molar-refractivity contribution in [3.8, 4) is 5.00 Å². The van der Waals surface area contributed by atoms with Gasteiger partial charge in [0.05, 0.1) is 18.2 Å². The van der Waals surface area contributed by atoms with Crippen LogP contribution in [-0.2, 0) is 24.1 Å². The van der Waals surface area contributed by atoms with Crippen LogP contribution >= 0.6 is 11.3 Å². The second-order valence-electron chi connectivity index (χ2n) is 7.81. The van der Waals surface area contributed by atoms with Gasteiger partial charge < -0.3 is 9.67 Å². The normalized spacial score (nSPS) is 13.4. The first-order valence-corrected chi connectivity index (χ1v) is 11.2. The van der Waals surface area contributed by atoms with Gasteiger partial charge in [-0.15, -0.1) is 11.3 Å². The molecule has 2 aromatic heterocycles. The summed E-state index contributed by atoms with van der Waals surface area (Å²) >= 11 is 1.58. The van der Waals surface area contributed by atoms with E-state index in [0.29, 0.717) is 5.56 Å². The molecule has 7 heteroatoms. The highest BCUT2D eigenvalue weighted by atomic mass is 32.1. The number of hydrogen-bond acceptors (Lipinski definition) is 4. The summed E-state index contributed by atoms with van der Waals surface area (Å²) < 4.78 is 2.00. The van der Waals surface area contributed by atoms with E-state index in [1.165, 1.54) is 4.88 Å². The first kappa shape index (κ1) is 21.1. The molecule has 0 radical (unpaired) electrons. The van der Waals surface area contributed by atoms with E-state index in [1.807, 2.05) is 54.8 Å². The predicted octanol–water partition coefficient (Wildman–Crippen LogP) is 4.43. The lowest BCUT2D eigenvalue weighted by atomic mass is 9.95. The third kappa shape index (κ3) is 4.32. The molecule has 0 unspecified atom stereocenters. The number of aromatic carboxylic acids is 1. The molecule has 1 aliphatic carbocycles. The molecule has 0 spiro atoms. The molecule has 0 atom stereocenters. The van der Waals surface area contributed by atoms with E-state index in [2.05, 4.69) is 10.5 Å². The monoisotopic (exact) mass is 435 g/mol. The number of hydrogen-bond donors (Lipinski definition) is 2. The van der Waals surface area contributed by atoms with Gasteiger partial charge >= 0.3 is 5.97 Å². The van der Waals surface area contributed by atoms with Crippen LogP contribution < -0.4 is 5.43 Å². The van der Waals surface area contributed by atoms with Gasteiger partial charge in [0.1, 0.15) is 5.00 Å². The van der Waals surface area contributed by atoms with Crippen LogP contribution in [0.1, 0.15) is 56.2 Å². The Morgan fingerprint density at radius 2 is 1.94 bits per heavy atom. The Balaban J connectivity index is 1.57. The maximum atomic E-state index is 12.1. The first-order valence-electron chi connectivity index (χ1n) is 10.4. The average Bonchev–Trinajstić information content (AvgIpc) is 3.25. The minimum Gasteiger partial charge on any atom is -0.478 e. The first-order chi connectivity index (χ1) is 15.0. The van der Waals surface area contributed by atoms with E-state index < -0.39 is 5.97 Å². The molecule has 31 heavy (non-hydrogen) atoms. The smallest absolute Gasteiger partial charge is 0.339 e. The van der Waals surface area contributed by atoms with Crippen LogP contribution in [0.5, 0.6) is 0 Å². The molecule has 0 saturated carbocycles. The second kappa shape index (κ2) is 8.89. The third-order valence-electron chi connectivity index (χ3n) is 5.64. The van der Waals surface area contributed by atoms with Crippen molar-refractivity contribution in [3.63, 3.8) is 0 Å². The number of carbonyl (C=O) groups excluding carboxylic acids is 1. The number of carboxylic acids is 1. The number of amides is 1. The predicted molar refractivity (Wildman–Crippen MR) is 123 cm³/mol. The number of aromatic nitrogens is 1. The lowest BCUT2D eigenvalue weighted by Gasteiger charge is -2.11. The molecular weight excluding hydrogens is 410 g/mol. The van der Waals surface area contributed by atoms with E-state index in [1.54, 1.807) is 17.6 Å². The lowest BCUT2D eigenvalue weighted by molar-refractivity contribution is -0.120. The minimum absolute atomic E-state index is 0.185. The fourth-order valence-corrected chi connectivity index (χ4v) is 5.65. The summed E-state index contributed by atoms with van der Waals surface area (Å²) in [6.07, 6.45) is 5.80. The van der Waals surface area contributed by atoms with Crippen molar-refractivity contribution in [2.75, 3.05) is 0 Å². The van der Waals surface area contributed by atoms with Crippen LogP contribution in [-0.4, -0.2) is 27.8 Å². The highest BCUT2D eigenvalue weighted by molar-refractivity contribution is 7.15. The Bertz CT molecular complexity index is 1160. The van der Waals surface area contributed by atoms with Crippen LogP contribution in [0, 0.1) is 13.8 Å². The van der Waals surface area contributed by atoms with Crippen LogP contribution in [0.25, 0.3) is 5.00 Å². The van der Waals surface area contributed by atoms with Crippen molar-refractivity contribution in [1.82, 2.24) is 9.99 Å². The molecular formula is C24H25N3O3S. The van der Waals surface area contributed by atoms with Crippen molar-refractivity contribution in [3.05, 3.63) is 74.9 Å². The van der Waals surface area contributed by atoms with Gasteiger partial charge in [0.25, 0.3) is 0 Å². The number of nitrogens with zero attached hydrogens (tertiary/aromatic N) is 2. The van der Waals surface area contributed by atoms with Gasteiger partial charge in [0, 0.05) is 21.8 Å². The zero-order valence-corrected chi connectivity index (χ0v) is 18.5. The minimum atomic E-state index is -0.870. The van der Waals surface area contributed by atoms with Gasteiger partial charge in [0.2, 0.25) is 5.91 Å². The van der Waals surface area contributed by atoms with Gasteiger partial charge in [0.15, 0.2) is 0 Å². The van der Waals surface area contributed by atoms with Gasteiger partial charge in [-0.05, 0) is 56.7 Å². The summed E-state index contributed by atoms with van der Waals surface area (Å²) in [5.41, 5.74) is 7.62. The van der Waals surface area contributed by atoms with Gasteiger partial charge in [-0.3, -0.25) is 4.79 Å². The second-order valence-corrected chi connectivity index (χ2v) is 8.90. The molecule has 2 heterocycles. The molecule has 3 aromatic rings. The molecule has 1 aliphatic rings. The molecule has 1 amide bonds. The maximum absolute atomic E-state index is 12.1.